The zero-order valence-corrected chi connectivity index (χ0v) is 12.8. The van der Waals surface area contributed by atoms with Gasteiger partial charge in [-0.05, 0) is 36.4 Å². The highest BCUT2D eigenvalue weighted by Crippen LogP contribution is 2.23. The van der Waals surface area contributed by atoms with Crippen LogP contribution in [0.1, 0.15) is 5.76 Å². The van der Waals surface area contributed by atoms with E-state index >= 15 is 0 Å². The van der Waals surface area contributed by atoms with Crippen LogP contribution in [0.25, 0.3) is 22.8 Å². The number of rotatable bonds is 5. The highest BCUT2D eigenvalue weighted by molar-refractivity contribution is 5.61. The predicted octanol–water partition coefficient (Wildman–Crippen LogP) is 4.61. The van der Waals surface area contributed by atoms with Crippen molar-refractivity contribution in [3.63, 3.8) is 0 Å². The highest BCUT2D eigenvalue weighted by atomic mass is 16.5. The van der Waals surface area contributed by atoms with Crippen LogP contribution in [-0.4, -0.2) is 10.1 Å². The van der Waals surface area contributed by atoms with Crippen LogP contribution < -0.4 is 5.32 Å². The van der Waals surface area contributed by atoms with Crippen molar-refractivity contribution in [1.82, 2.24) is 10.1 Å². The molecule has 5 nitrogen and oxygen atoms in total. The summed E-state index contributed by atoms with van der Waals surface area (Å²) >= 11 is 0. The number of hydrogen-bond donors (Lipinski definition) is 1. The van der Waals surface area contributed by atoms with E-state index in [2.05, 4.69) is 15.5 Å². The Morgan fingerprint density at radius 2 is 1.67 bits per heavy atom. The maximum atomic E-state index is 5.37. The lowest BCUT2D eigenvalue weighted by atomic mass is 10.2. The Balaban J connectivity index is 1.48. The Labute approximate surface area is 138 Å². The number of hydrogen-bond acceptors (Lipinski definition) is 5. The summed E-state index contributed by atoms with van der Waals surface area (Å²) in [5.41, 5.74) is 2.82. The maximum Gasteiger partial charge on any atom is 0.258 e. The minimum atomic E-state index is 0.506. The third-order valence-corrected chi connectivity index (χ3v) is 3.64. The summed E-state index contributed by atoms with van der Waals surface area (Å²) in [4.78, 5) is 4.45. The number of aromatic nitrogens is 2. The summed E-state index contributed by atoms with van der Waals surface area (Å²) in [6.45, 7) is 0.644. The van der Waals surface area contributed by atoms with Crippen molar-refractivity contribution in [2.24, 2.45) is 0 Å². The Morgan fingerprint density at radius 3 is 2.42 bits per heavy atom. The van der Waals surface area contributed by atoms with Gasteiger partial charge >= 0.3 is 0 Å². The molecule has 2 aromatic heterocycles. The van der Waals surface area contributed by atoms with Gasteiger partial charge in [0.2, 0.25) is 5.82 Å². The fourth-order valence-electron chi connectivity index (χ4n) is 2.38. The van der Waals surface area contributed by atoms with Gasteiger partial charge in [-0.25, -0.2) is 0 Å². The molecular weight excluding hydrogens is 302 g/mol. The molecule has 5 heteroatoms. The summed E-state index contributed by atoms with van der Waals surface area (Å²) in [6, 6.07) is 21.4. The van der Waals surface area contributed by atoms with Crippen molar-refractivity contribution < 1.29 is 8.94 Å². The molecule has 0 unspecified atom stereocenters. The van der Waals surface area contributed by atoms with Crippen molar-refractivity contribution in [3.8, 4) is 22.8 Å². The maximum absolute atomic E-state index is 5.37. The van der Waals surface area contributed by atoms with Crippen molar-refractivity contribution in [2.45, 2.75) is 6.54 Å². The average Bonchev–Trinajstić information content (AvgIpc) is 3.33. The lowest BCUT2D eigenvalue weighted by molar-refractivity contribution is 0.432. The van der Waals surface area contributed by atoms with E-state index < -0.39 is 0 Å². The van der Waals surface area contributed by atoms with Gasteiger partial charge in [0.1, 0.15) is 5.76 Å². The lowest BCUT2D eigenvalue weighted by Gasteiger charge is -2.04. The summed E-state index contributed by atoms with van der Waals surface area (Å²) in [6.07, 6.45) is 1.67. The van der Waals surface area contributed by atoms with E-state index in [9.17, 15) is 0 Å². The van der Waals surface area contributed by atoms with Gasteiger partial charge in [0.05, 0.1) is 12.8 Å². The quantitative estimate of drug-likeness (QED) is 0.582. The van der Waals surface area contributed by atoms with Gasteiger partial charge in [-0.3, -0.25) is 0 Å². The van der Waals surface area contributed by atoms with E-state index in [-0.39, 0.29) is 0 Å². The zero-order chi connectivity index (χ0) is 16.2. The third kappa shape index (κ3) is 3.05. The van der Waals surface area contributed by atoms with E-state index in [1.54, 1.807) is 6.26 Å². The average molecular weight is 317 g/mol. The number of nitrogens with one attached hydrogen (secondary N) is 1. The lowest BCUT2D eigenvalue weighted by Crippen LogP contribution is -1.97. The van der Waals surface area contributed by atoms with Gasteiger partial charge in [0.15, 0.2) is 0 Å². The number of anilines is 1. The smallest absolute Gasteiger partial charge is 0.258 e. The normalized spacial score (nSPS) is 10.7. The van der Waals surface area contributed by atoms with Gasteiger partial charge < -0.3 is 14.3 Å². The van der Waals surface area contributed by atoms with Gasteiger partial charge in [-0.2, -0.15) is 4.98 Å². The van der Waals surface area contributed by atoms with Crippen LogP contribution >= 0.6 is 0 Å². The molecule has 0 saturated carbocycles. The van der Waals surface area contributed by atoms with Gasteiger partial charge in [-0.1, -0.05) is 35.5 Å². The van der Waals surface area contributed by atoms with Crippen molar-refractivity contribution >= 4 is 5.69 Å². The fraction of sp³-hybridized carbons (Fsp3) is 0.0526. The molecule has 4 rings (SSSR count). The molecule has 0 atom stereocenters. The highest BCUT2D eigenvalue weighted by Gasteiger charge is 2.10. The van der Waals surface area contributed by atoms with E-state index in [1.807, 2.05) is 66.7 Å². The Morgan fingerprint density at radius 1 is 0.833 bits per heavy atom. The second kappa shape index (κ2) is 6.42. The van der Waals surface area contributed by atoms with E-state index in [4.69, 9.17) is 8.94 Å². The molecule has 0 fully saturated rings. The molecule has 0 radical (unpaired) electrons. The van der Waals surface area contributed by atoms with Gasteiger partial charge in [-0.15, -0.1) is 0 Å². The van der Waals surface area contributed by atoms with Gasteiger partial charge in [0.25, 0.3) is 5.89 Å². The first-order chi connectivity index (χ1) is 11.9. The topological polar surface area (TPSA) is 64.1 Å². The predicted molar refractivity (Wildman–Crippen MR) is 91.2 cm³/mol. The summed E-state index contributed by atoms with van der Waals surface area (Å²) in [5, 5.41) is 7.34. The van der Waals surface area contributed by atoms with Crippen molar-refractivity contribution in [1.29, 1.82) is 0 Å². The minimum absolute atomic E-state index is 0.506. The molecule has 0 aliphatic rings. The molecule has 0 aliphatic carbocycles. The zero-order valence-electron chi connectivity index (χ0n) is 12.8. The first-order valence-corrected chi connectivity index (χ1v) is 7.64. The molecule has 0 bridgehead atoms. The summed E-state index contributed by atoms with van der Waals surface area (Å²) in [7, 11) is 0. The molecule has 118 valence electrons. The second-order valence-electron chi connectivity index (χ2n) is 5.30. The number of benzene rings is 2. The van der Waals surface area contributed by atoms with Crippen molar-refractivity contribution in [3.05, 3.63) is 78.8 Å². The molecule has 0 aliphatic heterocycles. The van der Waals surface area contributed by atoms with Crippen molar-refractivity contribution in [2.75, 3.05) is 5.32 Å². The number of nitrogens with zero attached hydrogens (tertiary/aromatic N) is 2. The van der Waals surface area contributed by atoms with Crippen LogP contribution in [0.3, 0.4) is 0 Å². The van der Waals surface area contributed by atoms with Crippen LogP contribution in [0.15, 0.2) is 81.9 Å². The molecule has 0 saturated heterocycles. The molecule has 1 N–H and O–H groups in total. The SMILES string of the molecule is c1ccc(-c2noc(-c3ccc(NCc4ccco4)cc3)n2)cc1. The Bertz CT molecular complexity index is 897. The van der Waals surface area contributed by atoms with Crippen LogP contribution in [0.4, 0.5) is 5.69 Å². The van der Waals surface area contributed by atoms with Crippen LogP contribution in [-0.2, 0) is 6.54 Å². The Kier molecular flexibility index (Phi) is 3.81. The van der Waals surface area contributed by atoms with E-state index in [0.29, 0.717) is 18.3 Å². The molecule has 0 amide bonds. The molecule has 0 spiro atoms. The monoisotopic (exact) mass is 317 g/mol. The first kappa shape index (κ1) is 14.3. The van der Waals surface area contributed by atoms with E-state index in [0.717, 1.165) is 22.6 Å². The first-order valence-electron chi connectivity index (χ1n) is 7.64. The van der Waals surface area contributed by atoms with Gasteiger partial charge in [0, 0.05) is 16.8 Å². The third-order valence-electron chi connectivity index (χ3n) is 3.64. The summed E-state index contributed by atoms with van der Waals surface area (Å²) < 4.78 is 10.7. The minimum Gasteiger partial charge on any atom is -0.467 e. The summed E-state index contributed by atoms with van der Waals surface area (Å²) in [5.74, 6) is 1.99. The fourth-order valence-corrected chi connectivity index (χ4v) is 2.38. The van der Waals surface area contributed by atoms with E-state index in [1.165, 1.54) is 0 Å². The number of furan rings is 1. The van der Waals surface area contributed by atoms with Crippen LogP contribution in [0.5, 0.6) is 0 Å². The standard InChI is InChI=1S/C19H15N3O2/c1-2-5-14(6-3-1)18-21-19(24-22-18)15-8-10-16(11-9-15)20-13-17-7-4-12-23-17/h1-12,20H,13H2. The Hall–Kier alpha value is -3.34. The second-order valence-corrected chi connectivity index (χ2v) is 5.30. The molecule has 4 aromatic rings. The molecule has 2 aromatic carbocycles. The molecule has 24 heavy (non-hydrogen) atoms. The largest absolute Gasteiger partial charge is 0.467 e. The van der Waals surface area contributed by atoms with Crippen LogP contribution in [0, 0.1) is 0 Å². The molecule has 2 heterocycles. The molecular formula is C19H15N3O2. The van der Waals surface area contributed by atoms with Crippen LogP contribution in [0.2, 0.25) is 0 Å².